The summed E-state index contributed by atoms with van der Waals surface area (Å²) in [7, 11) is 0. The van der Waals surface area contributed by atoms with Gasteiger partial charge in [0, 0.05) is 6.07 Å². The minimum atomic E-state index is -4.78. The van der Waals surface area contributed by atoms with Crippen LogP contribution >= 0.6 is 11.6 Å². The van der Waals surface area contributed by atoms with Crippen LogP contribution in [0.3, 0.4) is 0 Å². The van der Waals surface area contributed by atoms with Crippen molar-refractivity contribution < 1.29 is 18.1 Å². The first-order valence-electron chi connectivity index (χ1n) is 5.87. The number of anilines is 1. The van der Waals surface area contributed by atoms with Crippen molar-refractivity contribution in [1.29, 1.82) is 0 Å². The number of halogens is 4. The molecule has 118 valence electrons. The fourth-order valence-electron chi connectivity index (χ4n) is 1.77. The molecule has 0 aliphatic heterocycles. The predicted molar refractivity (Wildman–Crippen MR) is 71.5 cm³/mol. The number of hydrogen-bond donors (Lipinski definition) is 2. The molecule has 2 aromatic rings. The summed E-state index contributed by atoms with van der Waals surface area (Å²) >= 11 is 5.58. The van der Waals surface area contributed by atoms with E-state index < -0.39 is 33.4 Å². The van der Waals surface area contributed by atoms with Crippen molar-refractivity contribution >= 4 is 23.0 Å². The van der Waals surface area contributed by atoms with Gasteiger partial charge in [0.2, 0.25) is 0 Å². The Morgan fingerprint density at radius 3 is 2.64 bits per heavy atom. The molecule has 2 N–H and O–H groups in total. The fourth-order valence-corrected chi connectivity index (χ4v) is 2.04. The molecule has 0 fully saturated rings. The van der Waals surface area contributed by atoms with Crippen LogP contribution < -0.4 is 5.32 Å². The van der Waals surface area contributed by atoms with E-state index in [-0.39, 0.29) is 5.69 Å². The number of nitro benzene ring substituents is 1. The molecule has 1 atom stereocenters. The lowest BCUT2D eigenvalue weighted by atomic mass is 10.1. The van der Waals surface area contributed by atoms with Crippen molar-refractivity contribution in [3.63, 3.8) is 0 Å². The van der Waals surface area contributed by atoms with Crippen LogP contribution in [0.25, 0.3) is 0 Å². The van der Waals surface area contributed by atoms with Gasteiger partial charge in [-0.05, 0) is 13.0 Å². The van der Waals surface area contributed by atoms with Crippen molar-refractivity contribution in [1.82, 2.24) is 15.2 Å². The van der Waals surface area contributed by atoms with E-state index in [9.17, 15) is 23.3 Å². The molecule has 0 radical (unpaired) electrons. The van der Waals surface area contributed by atoms with Crippen LogP contribution in [0.4, 0.5) is 24.5 Å². The quantitative estimate of drug-likeness (QED) is 0.657. The number of hydrogen-bond acceptors (Lipinski definition) is 5. The zero-order valence-corrected chi connectivity index (χ0v) is 11.7. The van der Waals surface area contributed by atoms with Crippen molar-refractivity contribution in [2.75, 3.05) is 5.32 Å². The van der Waals surface area contributed by atoms with Gasteiger partial charge in [0.1, 0.15) is 17.8 Å². The van der Waals surface area contributed by atoms with Gasteiger partial charge in [-0.15, -0.1) is 0 Å². The van der Waals surface area contributed by atoms with E-state index >= 15 is 0 Å². The first kappa shape index (κ1) is 16.0. The highest BCUT2D eigenvalue weighted by Crippen LogP contribution is 2.40. The molecule has 0 saturated carbocycles. The Labute approximate surface area is 126 Å². The monoisotopic (exact) mass is 335 g/mol. The fraction of sp³-hybridized carbons (Fsp3) is 0.273. The lowest BCUT2D eigenvalue weighted by Gasteiger charge is -2.15. The molecule has 0 aliphatic carbocycles. The lowest BCUT2D eigenvalue weighted by molar-refractivity contribution is -0.384. The van der Waals surface area contributed by atoms with Gasteiger partial charge in [0.25, 0.3) is 5.69 Å². The van der Waals surface area contributed by atoms with Crippen molar-refractivity contribution in [3.8, 4) is 0 Å². The maximum atomic E-state index is 12.8. The summed E-state index contributed by atoms with van der Waals surface area (Å²) in [4.78, 5) is 13.9. The number of aromatic nitrogens is 3. The molecule has 1 aromatic heterocycles. The zero-order chi connectivity index (χ0) is 16.5. The molecule has 0 spiro atoms. The zero-order valence-electron chi connectivity index (χ0n) is 11.0. The van der Waals surface area contributed by atoms with Gasteiger partial charge in [0.15, 0.2) is 0 Å². The van der Waals surface area contributed by atoms with Crippen LogP contribution in [0.2, 0.25) is 5.02 Å². The molecular formula is C11H9ClF3N5O2. The van der Waals surface area contributed by atoms with Crippen LogP contribution in [0, 0.1) is 10.1 Å². The van der Waals surface area contributed by atoms with Crippen LogP contribution in [-0.4, -0.2) is 20.1 Å². The smallest absolute Gasteiger partial charge is 0.370 e. The SMILES string of the molecule is CC(Nc1cc(Cl)c(C(F)(F)F)cc1[N+](=O)[O-])c1ncn[nH]1. The first-order valence-corrected chi connectivity index (χ1v) is 6.25. The molecule has 0 saturated heterocycles. The third-order valence-electron chi connectivity index (χ3n) is 2.80. The van der Waals surface area contributed by atoms with Gasteiger partial charge < -0.3 is 5.32 Å². The molecule has 2 rings (SSSR count). The highest BCUT2D eigenvalue weighted by atomic mass is 35.5. The molecule has 0 bridgehead atoms. The Kier molecular flexibility index (Phi) is 4.22. The Morgan fingerprint density at radius 1 is 1.45 bits per heavy atom. The summed E-state index contributed by atoms with van der Waals surface area (Å²) < 4.78 is 38.3. The van der Waals surface area contributed by atoms with E-state index in [2.05, 4.69) is 20.5 Å². The minimum absolute atomic E-state index is 0.146. The van der Waals surface area contributed by atoms with E-state index in [4.69, 9.17) is 11.6 Å². The van der Waals surface area contributed by atoms with Gasteiger partial charge in [-0.3, -0.25) is 15.2 Å². The highest BCUT2D eigenvalue weighted by molar-refractivity contribution is 6.31. The molecule has 1 heterocycles. The molecule has 11 heteroatoms. The first-order chi connectivity index (χ1) is 10.2. The second kappa shape index (κ2) is 5.79. The third-order valence-corrected chi connectivity index (χ3v) is 3.12. The Hall–Kier alpha value is -2.36. The average molecular weight is 336 g/mol. The van der Waals surface area contributed by atoms with E-state index in [0.717, 1.165) is 6.07 Å². The Balaban J connectivity index is 2.43. The number of nitro groups is 1. The number of H-pyrrole nitrogens is 1. The number of nitrogens with zero attached hydrogens (tertiary/aromatic N) is 3. The van der Waals surface area contributed by atoms with Crippen LogP contribution in [0.1, 0.15) is 24.4 Å². The molecular weight excluding hydrogens is 327 g/mol. The summed E-state index contributed by atoms with van der Waals surface area (Å²) in [6.45, 7) is 1.61. The molecule has 0 aliphatic rings. The van der Waals surface area contributed by atoms with Gasteiger partial charge >= 0.3 is 6.18 Å². The molecule has 0 amide bonds. The van der Waals surface area contributed by atoms with Crippen LogP contribution in [0.5, 0.6) is 0 Å². The number of benzene rings is 1. The number of aromatic amines is 1. The van der Waals surface area contributed by atoms with Gasteiger partial charge in [0.05, 0.1) is 21.6 Å². The molecule has 1 aromatic carbocycles. The number of rotatable bonds is 4. The van der Waals surface area contributed by atoms with E-state index in [1.165, 1.54) is 6.33 Å². The second-order valence-electron chi connectivity index (χ2n) is 4.34. The summed E-state index contributed by atoms with van der Waals surface area (Å²) in [5.74, 6) is 0.366. The maximum Gasteiger partial charge on any atom is 0.418 e. The summed E-state index contributed by atoms with van der Waals surface area (Å²) in [6, 6.07) is 0.724. The number of nitrogens with one attached hydrogen (secondary N) is 2. The molecule has 22 heavy (non-hydrogen) atoms. The van der Waals surface area contributed by atoms with Crippen molar-refractivity contribution in [3.05, 3.63) is 45.0 Å². The van der Waals surface area contributed by atoms with E-state index in [1.54, 1.807) is 6.92 Å². The van der Waals surface area contributed by atoms with Gasteiger partial charge in [-0.25, -0.2) is 4.98 Å². The summed E-state index contributed by atoms with van der Waals surface area (Å²) in [5.41, 5.74) is -2.14. The third kappa shape index (κ3) is 3.27. The Morgan fingerprint density at radius 2 is 2.14 bits per heavy atom. The topological polar surface area (TPSA) is 96.7 Å². The second-order valence-corrected chi connectivity index (χ2v) is 4.75. The predicted octanol–water partition coefficient (Wildman–Crippen LogP) is 3.56. The summed E-state index contributed by atoms with van der Waals surface area (Å²) in [5, 5.41) is 19.2. The standard InChI is InChI=1S/C11H9ClF3N5O2/c1-5(10-16-4-17-19-10)18-8-3-7(12)6(11(13,14)15)2-9(8)20(21)22/h2-5,18H,1H3,(H,16,17,19). The lowest BCUT2D eigenvalue weighted by Crippen LogP contribution is -2.12. The van der Waals surface area contributed by atoms with Crippen LogP contribution in [-0.2, 0) is 6.18 Å². The largest absolute Gasteiger partial charge is 0.418 e. The minimum Gasteiger partial charge on any atom is -0.370 e. The van der Waals surface area contributed by atoms with E-state index in [1.807, 2.05) is 0 Å². The normalized spacial score (nSPS) is 13.0. The van der Waals surface area contributed by atoms with E-state index in [0.29, 0.717) is 11.9 Å². The summed E-state index contributed by atoms with van der Waals surface area (Å²) in [6.07, 6.45) is -3.54. The average Bonchev–Trinajstić information content (AvgIpc) is 2.90. The Bertz CT molecular complexity index is 690. The van der Waals surface area contributed by atoms with Crippen LogP contribution in [0.15, 0.2) is 18.5 Å². The van der Waals surface area contributed by atoms with Crippen molar-refractivity contribution in [2.24, 2.45) is 0 Å². The molecule has 1 unspecified atom stereocenters. The maximum absolute atomic E-state index is 12.8. The number of alkyl halides is 3. The van der Waals surface area contributed by atoms with Crippen molar-refractivity contribution in [2.45, 2.75) is 19.1 Å². The van der Waals surface area contributed by atoms with Gasteiger partial charge in [-0.2, -0.15) is 18.3 Å². The highest BCUT2D eigenvalue weighted by Gasteiger charge is 2.36. The molecule has 7 nitrogen and oxygen atoms in total. The van der Waals surface area contributed by atoms with Gasteiger partial charge in [-0.1, -0.05) is 11.6 Å².